The van der Waals surface area contributed by atoms with Crippen LogP contribution in [0.15, 0.2) is 23.1 Å². The summed E-state index contributed by atoms with van der Waals surface area (Å²) in [7, 11) is 0. The van der Waals surface area contributed by atoms with E-state index in [-0.39, 0.29) is 11.6 Å². The molecule has 13 heavy (non-hydrogen) atoms. The summed E-state index contributed by atoms with van der Waals surface area (Å²) in [4.78, 5) is 11.2. The zero-order valence-electron chi connectivity index (χ0n) is 7.81. The predicted octanol–water partition coefficient (Wildman–Crippen LogP) is 0.371. The van der Waals surface area contributed by atoms with Crippen LogP contribution in [-0.4, -0.2) is 15.8 Å². The van der Waals surface area contributed by atoms with Crippen LogP contribution in [0.4, 0.5) is 0 Å². The Bertz CT molecular complexity index is 308. The van der Waals surface area contributed by atoms with Gasteiger partial charge in [0.15, 0.2) is 0 Å². The molecule has 0 bridgehead atoms. The van der Waals surface area contributed by atoms with Crippen LogP contribution in [0.2, 0.25) is 0 Å². The molecule has 4 heteroatoms. The van der Waals surface area contributed by atoms with Gasteiger partial charge in [-0.05, 0) is 12.5 Å². The zero-order valence-corrected chi connectivity index (χ0v) is 7.81. The Hall–Kier alpha value is -1.16. The SMILES string of the molecule is CCCC(N)Cn1ncccc1=O. The molecule has 2 N–H and O–H groups in total. The predicted molar refractivity (Wildman–Crippen MR) is 51.4 cm³/mol. The van der Waals surface area contributed by atoms with E-state index in [1.165, 1.54) is 10.7 Å². The second-order valence-corrected chi connectivity index (χ2v) is 3.09. The summed E-state index contributed by atoms with van der Waals surface area (Å²) >= 11 is 0. The minimum absolute atomic E-state index is 0.0256. The molecule has 1 aromatic heterocycles. The second kappa shape index (κ2) is 4.77. The van der Waals surface area contributed by atoms with Gasteiger partial charge in [0, 0.05) is 18.3 Å². The van der Waals surface area contributed by atoms with Crippen molar-refractivity contribution in [2.24, 2.45) is 5.73 Å². The van der Waals surface area contributed by atoms with Crippen LogP contribution >= 0.6 is 0 Å². The average Bonchev–Trinajstić information content (AvgIpc) is 2.09. The minimum Gasteiger partial charge on any atom is -0.326 e. The number of rotatable bonds is 4. The van der Waals surface area contributed by atoms with Crippen molar-refractivity contribution in [1.29, 1.82) is 0 Å². The maximum Gasteiger partial charge on any atom is 0.266 e. The van der Waals surface area contributed by atoms with Crippen molar-refractivity contribution < 1.29 is 0 Å². The molecular formula is C9H15N3O. The standard InChI is InChI=1S/C9H15N3O/c1-2-4-8(10)7-12-9(13)5-3-6-11-12/h3,5-6,8H,2,4,7,10H2,1H3. The number of aromatic nitrogens is 2. The van der Waals surface area contributed by atoms with Crippen molar-refractivity contribution in [3.05, 3.63) is 28.7 Å². The molecule has 0 saturated carbocycles. The van der Waals surface area contributed by atoms with Gasteiger partial charge in [-0.1, -0.05) is 13.3 Å². The van der Waals surface area contributed by atoms with E-state index in [9.17, 15) is 4.79 Å². The Morgan fingerprint density at radius 1 is 1.69 bits per heavy atom. The minimum atomic E-state index is -0.0888. The van der Waals surface area contributed by atoms with Gasteiger partial charge >= 0.3 is 0 Å². The van der Waals surface area contributed by atoms with Crippen molar-refractivity contribution in [3.8, 4) is 0 Å². The van der Waals surface area contributed by atoms with Crippen molar-refractivity contribution in [2.75, 3.05) is 0 Å². The lowest BCUT2D eigenvalue weighted by Gasteiger charge is -2.10. The van der Waals surface area contributed by atoms with E-state index in [1.54, 1.807) is 12.3 Å². The van der Waals surface area contributed by atoms with Crippen LogP contribution in [-0.2, 0) is 6.54 Å². The highest BCUT2D eigenvalue weighted by Gasteiger charge is 2.03. The molecule has 0 radical (unpaired) electrons. The molecule has 1 unspecified atom stereocenters. The highest BCUT2D eigenvalue weighted by atomic mass is 16.1. The first-order valence-corrected chi connectivity index (χ1v) is 4.51. The summed E-state index contributed by atoms with van der Waals surface area (Å²) in [6.45, 7) is 2.58. The number of hydrogen-bond acceptors (Lipinski definition) is 3. The van der Waals surface area contributed by atoms with Gasteiger partial charge in [-0.3, -0.25) is 4.79 Å². The highest BCUT2D eigenvalue weighted by Crippen LogP contribution is 1.94. The van der Waals surface area contributed by atoms with Crippen molar-refractivity contribution in [2.45, 2.75) is 32.4 Å². The molecule has 0 spiro atoms. The molecule has 0 aliphatic heterocycles. The normalized spacial score (nSPS) is 12.8. The number of nitrogens with two attached hydrogens (primary N) is 1. The molecule has 0 aromatic carbocycles. The van der Waals surface area contributed by atoms with Crippen molar-refractivity contribution >= 4 is 0 Å². The Morgan fingerprint density at radius 2 is 2.46 bits per heavy atom. The average molecular weight is 181 g/mol. The first kappa shape index (κ1) is 9.92. The summed E-state index contributed by atoms with van der Waals surface area (Å²) in [5.74, 6) is 0. The molecule has 0 aliphatic carbocycles. The molecule has 0 amide bonds. The highest BCUT2D eigenvalue weighted by molar-refractivity contribution is 4.85. The first-order chi connectivity index (χ1) is 6.24. The third kappa shape index (κ3) is 2.99. The van der Waals surface area contributed by atoms with Crippen LogP contribution in [0, 0.1) is 0 Å². The Kier molecular flexibility index (Phi) is 3.64. The lowest BCUT2D eigenvalue weighted by Crippen LogP contribution is -2.32. The second-order valence-electron chi connectivity index (χ2n) is 3.09. The van der Waals surface area contributed by atoms with Gasteiger partial charge in [0.25, 0.3) is 5.56 Å². The van der Waals surface area contributed by atoms with E-state index in [0.29, 0.717) is 6.54 Å². The molecule has 0 saturated heterocycles. The molecule has 0 fully saturated rings. The van der Waals surface area contributed by atoms with Crippen LogP contribution in [0.1, 0.15) is 19.8 Å². The van der Waals surface area contributed by atoms with E-state index in [1.807, 2.05) is 0 Å². The summed E-state index contributed by atoms with van der Waals surface area (Å²) in [5, 5.41) is 3.92. The summed E-state index contributed by atoms with van der Waals surface area (Å²) in [6, 6.07) is 3.15. The van der Waals surface area contributed by atoms with E-state index in [0.717, 1.165) is 12.8 Å². The van der Waals surface area contributed by atoms with Gasteiger partial charge in [0.1, 0.15) is 0 Å². The largest absolute Gasteiger partial charge is 0.326 e. The molecule has 1 rings (SSSR count). The molecule has 0 aliphatic rings. The summed E-state index contributed by atoms with van der Waals surface area (Å²) < 4.78 is 1.40. The van der Waals surface area contributed by atoms with Crippen molar-refractivity contribution in [1.82, 2.24) is 9.78 Å². The molecular weight excluding hydrogens is 166 g/mol. The maximum absolute atomic E-state index is 11.2. The molecule has 1 atom stereocenters. The lowest BCUT2D eigenvalue weighted by molar-refractivity contribution is 0.465. The van der Waals surface area contributed by atoms with Gasteiger partial charge in [0.05, 0.1) is 6.54 Å². The zero-order chi connectivity index (χ0) is 9.68. The molecule has 1 aromatic rings. The van der Waals surface area contributed by atoms with E-state index >= 15 is 0 Å². The van der Waals surface area contributed by atoms with Gasteiger partial charge in [0.2, 0.25) is 0 Å². The monoisotopic (exact) mass is 181 g/mol. The fourth-order valence-electron chi connectivity index (χ4n) is 1.21. The molecule has 1 heterocycles. The molecule has 4 nitrogen and oxygen atoms in total. The Balaban J connectivity index is 2.63. The fourth-order valence-corrected chi connectivity index (χ4v) is 1.21. The van der Waals surface area contributed by atoms with Crippen LogP contribution in [0.25, 0.3) is 0 Å². The smallest absolute Gasteiger partial charge is 0.266 e. The van der Waals surface area contributed by atoms with Crippen molar-refractivity contribution in [3.63, 3.8) is 0 Å². The summed E-state index contributed by atoms with van der Waals surface area (Å²) in [5.41, 5.74) is 5.70. The lowest BCUT2D eigenvalue weighted by atomic mass is 10.2. The number of nitrogens with zero attached hydrogens (tertiary/aromatic N) is 2. The first-order valence-electron chi connectivity index (χ1n) is 4.51. The van der Waals surface area contributed by atoms with Gasteiger partial charge in [-0.15, -0.1) is 0 Å². The fraction of sp³-hybridized carbons (Fsp3) is 0.556. The van der Waals surface area contributed by atoms with Gasteiger partial charge in [-0.2, -0.15) is 5.10 Å². The van der Waals surface area contributed by atoms with E-state index in [4.69, 9.17) is 5.73 Å². The van der Waals surface area contributed by atoms with Gasteiger partial charge < -0.3 is 5.73 Å². The maximum atomic E-state index is 11.2. The summed E-state index contributed by atoms with van der Waals surface area (Å²) in [6.07, 6.45) is 3.55. The third-order valence-electron chi connectivity index (χ3n) is 1.85. The van der Waals surface area contributed by atoms with E-state index in [2.05, 4.69) is 12.0 Å². The number of hydrogen-bond donors (Lipinski definition) is 1. The van der Waals surface area contributed by atoms with E-state index < -0.39 is 0 Å². The van der Waals surface area contributed by atoms with Crippen LogP contribution in [0.3, 0.4) is 0 Å². The Morgan fingerprint density at radius 3 is 3.08 bits per heavy atom. The van der Waals surface area contributed by atoms with Crippen LogP contribution < -0.4 is 11.3 Å². The molecule has 72 valence electrons. The quantitative estimate of drug-likeness (QED) is 0.730. The third-order valence-corrected chi connectivity index (χ3v) is 1.85. The van der Waals surface area contributed by atoms with Crippen LogP contribution in [0.5, 0.6) is 0 Å². The Labute approximate surface area is 77.4 Å². The van der Waals surface area contributed by atoms with Gasteiger partial charge in [-0.25, -0.2) is 4.68 Å². The topological polar surface area (TPSA) is 60.9 Å².